The number of fused-ring (bicyclic) bond motifs is 1. The molecule has 25 heavy (non-hydrogen) atoms. The van der Waals surface area contributed by atoms with Crippen LogP contribution in [0.15, 0.2) is 45.6 Å². The number of hydrogen-bond donors (Lipinski definition) is 0. The van der Waals surface area contributed by atoms with Crippen LogP contribution in [0.5, 0.6) is 5.75 Å². The highest BCUT2D eigenvalue weighted by molar-refractivity contribution is 5.96. The molecular formula is C20H17FO4. The molecule has 2 aromatic carbocycles. The summed E-state index contributed by atoms with van der Waals surface area (Å²) in [6.45, 7) is 5.24. The van der Waals surface area contributed by atoms with Gasteiger partial charge in [-0.25, -0.2) is 9.18 Å². The predicted octanol–water partition coefficient (Wildman–Crippen LogP) is 4.33. The molecule has 1 aromatic heterocycles. The minimum atomic E-state index is -0.505. The van der Waals surface area contributed by atoms with Crippen LogP contribution < -0.4 is 10.4 Å². The van der Waals surface area contributed by atoms with Crippen molar-refractivity contribution in [3.8, 4) is 5.75 Å². The maximum atomic E-state index is 13.4. The van der Waals surface area contributed by atoms with E-state index in [1.807, 2.05) is 26.0 Å². The van der Waals surface area contributed by atoms with Crippen LogP contribution in [0.25, 0.3) is 11.0 Å². The lowest BCUT2D eigenvalue weighted by molar-refractivity contribution is 0.101. The molecule has 0 spiro atoms. The minimum absolute atomic E-state index is 0.0660. The second-order valence-corrected chi connectivity index (χ2v) is 5.96. The van der Waals surface area contributed by atoms with Crippen LogP contribution in [-0.4, -0.2) is 5.78 Å². The van der Waals surface area contributed by atoms with Crippen LogP contribution in [0.2, 0.25) is 0 Å². The summed E-state index contributed by atoms with van der Waals surface area (Å²) in [5.41, 5.74) is 2.78. The lowest BCUT2D eigenvalue weighted by atomic mass is 10.0. The van der Waals surface area contributed by atoms with Crippen molar-refractivity contribution in [1.82, 2.24) is 0 Å². The number of aryl methyl sites for hydroxylation is 2. The van der Waals surface area contributed by atoms with Crippen molar-refractivity contribution in [2.24, 2.45) is 0 Å². The van der Waals surface area contributed by atoms with E-state index in [-0.39, 0.29) is 23.7 Å². The van der Waals surface area contributed by atoms with Gasteiger partial charge in [0.1, 0.15) is 23.8 Å². The van der Waals surface area contributed by atoms with Crippen molar-refractivity contribution in [3.05, 3.63) is 74.9 Å². The first-order valence-electron chi connectivity index (χ1n) is 7.83. The van der Waals surface area contributed by atoms with Gasteiger partial charge in [-0.2, -0.15) is 0 Å². The van der Waals surface area contributed by atoms with Gasteiger partial charge in [0.2, 0.25) is 0 Å². The molecule has 0 fully saturated rings. The molecule has 0 aliphatic carbocycles. The van der Waals surface area contributed by atoms with Gasteiger partial charge in [-0.05, 0) is 50.1 Å². The third-order valence-corrected chi connectivity index (χ3v) is 4.22. The molecule has 3 aromatic rings. The number of Topliss-reactive ketones (excluding diaryl/α,β-unsaturated/α-hetero) is 1. The van der Waals surface area contributed by atoms with E-state index in [9.17, 15) is 14.0 Å². The molecule has 0 saturated carbocycles. The Balaban J connectivity index is 2.01. The van der Waals surface area contributed by atoms with E-state index in [4.69, 9.17) is 9.15 Å². The highest BCUT2D eigenvalue weighted by Crippen LogP contribution is 2.26. The zero-order valence-corrected chi connectivity index (χ0v) is 14.2. The number of halogens is 1. The molecule has 128 valence electrons. The van der Waals surface area contributed by atoms with Gasteiger partial charge < -0.3 is 9.15 Å². The van der Waals surface area contributed by atoms with Crippen molar-refractivity contribution in [2.75, 3.05) is 0 Å². The fourth-order valence-electron chi connectivity index (χ4n) is 2.70. The summed E-state index contributed by atoms with van der Waals surface area (Å²) in [6, 6.07) is 8.97. The molecule has 0 radical (unpaired) electrons. The normalized spacial score (nSPS) is 10.9. The smallest absolute Gasteiger partial charge is 0.336 e. The van der Waals surface area contributed by atoms with Crippen LogP contribution in [0.1, 0.15) is 34.0 Å². The number of rotatable bonds is 4. The first-order valence-corrected chi connectivity index (χ1v) is 7.83. The third-order valence-electron chi connectivity index (χ3n) is 4.22. The standard InChI is InChI=1S/C20H17FO4/c1-11-4-6-16-14(8-19(23)25-20(16)12(11)2)10-24-18-7-5-15(21)9-17(18)13(3)22/h4-9H,10H2,1-3H3. The van der Waals surface area contributed by atoms with E-state index >= 15 is 0 Å². The summed E-state index contributed by atoms with van der Waals surface area (Å²) >= 11 is 0. The Bertz CT molecular complexity index is 1030. The third kappa shape index (κ3) is 3.31. The maximum Gasteiger partial charge on any atom is 0.336 e. The SMILES string of the molecule is CC(=O)c1cc(F)ccc1OCc1cc(=O)oc2c(C)c(C)ccc12. The van der Waals surface area contributed by atoms with Gasteiger partial charge in [0, 0.05) is 17.0 Å². The van der Waals surface area contributed by atoms with Crippen LogP contribution >= 0.6 is 0 Å². The highest BCUT2D eigenvalue weighted by Gasteiger charge is 2.13. The van der Waals surface area contributed by atoms with E-state index in [0.717, 1.165) is 22.6 Å². The van der Waals surface area contributed by atoms with Gasteiger partial charge in [-0.1, -0.05) is 12.1 Å². The second kappa shape index (κ2) is 6.51. The van der Waals surface area contributed by atoms with Gasteiger partial charge in [-0.3, -0.25) is 4.79 Å². The van der Waals surface area contributed by atoms with Gasteiger partial charge in [-0.15, -0.1) is 0 Å². The van der Waals surface area contributed by atoms with Crippen molar-refractivity contribution in [3.63, 3.8) is 0 Å². The molecule has 5 heteroatoms. The second-order valence-electron chi connectivity index (χ2n) is 5.96. The monoisotopic (exact) mass is 340 g/mol. The highest BCUT2D eigenvalue weighted by atomic mass is 19.1. The first kappa shape index (κ1) is 16.9. The molecule has 0 amide bonds. The molecule has 0 aliphatic heterocycles. The molecule has 0 N–H and O–H groups in total. The average Bonchev–Trinajstić information content (AvgIpc) is 2.57. The number of benzene rings is 2. The summed E-state index contributed by atoms with van der Waals surface area (Å²) in [5.74, 6) is -0.521. The van der Waals surface area contributed by atoms with Crippen molar-refractivity contribution in [2.45, 2.75) is 27.4 Å². The Morgan fingerprint density at radius 1 is 1.16 bits per heavy atom. The molecule has 0 saturated heterocycles. The predicted molar refractivity (Wildman–Crippen MR) is 92.7 cm³/mol. The largest absolute Gasteiger partial charge is 0.488 e. The van der Waals surface area contributed by atoms with E-state index in [0.29, 0.717) is 11.1 Å². The van der Waals surface area contributed by atoms with Crippen molar-refractivity contribution in [1.29, 1.82) is 0 Å². The Morgan fingerprint density at radius 2 is 1.92 bits per heavy atom. The van der Waals surface area contributed by atoms with Crippen molar-refractivity contribution >= 4 is 16.8 Å². The van der Waals surface area contributed by atoms with E-state index in [1.165, 1.54) is 25.1 Å². The topological polar surface area (TPSA) is 56.5 Å². The lowest BCUT2D eigenvalue weighted by Crippen LogP contribution is -2.07. The van der Waals surface area contributed by atoms with E-state index < -0.39 is 11.4 Å². The summed E-state index contributed by atoms with van der Waals surface area (Å²) in [6.07, 6.45) is 0. The summed E-state index contributed by atoms with van der Waals surface area (Å²) in [7, 11) is 0. The van der Waals surface area contributed by atoms with Gasteiger partial charge in [0.25, 0.3) is 0 Å². The molecule has 3 rings (SSSR count). The van der Waals surface area contributed by atoms with Gasteiger partial charge in [0.15, 0.2) is 5.78 Å². The van der Waals surface area contributed by atoms with Gasteiger partial charge >= 0.3 is 5.63 Å². The Labute approximate surface area is 143 Å². The fourth-order valence-corrected chi connectivity index (χ4v) is 2.70. The zero-order valence-electron chi connectivity index (χ0n) is 14.2. The molecule has 0 atom stereocenters. The number of carbonyl (C=O) groups excluding carboxylic acids is 1. The molecule has 0 aliphatic rings. The molecule has 1 heterocycles. The molecule has 0 unspecified atom stereocenters. The molecule has 4 nitrogen and oxygen atoms in total. The van der Waals surface area contributed by atoms with E-state index in [2.05, 4.69) is 0 Å². The number of ether oxygens (including phenoxy) is 1. The number of hydrogen-bond acceptors (Lipinski definition) is 4. The van der Waals surface area contributed by atoms with Crippen LogP contribution in [0.4, 0.5) is 4.39 Å². The number of carbonyl (C=O) groups is 1. The van der Waals surface area contributed by atoms with Gasteiger partial charge in [0.05, 0.1) is 5.56 Å². The maximum absolute atomic E-state index is 13.4. The van der Waals surface area contributed by atoms with Crippen molar-refractivity contribution < 1.29 is 18.3 Å². The first-order chi connectivity index (χ1) is 11.9. The van der Waals surface area contributed by atoms with Crippen LogP contribution in [-0.2, 0) is 6.61 Å². The summed E-state index contributed by atoms with van der Waals surface area (Å²) in [4.78, 5) is 23.5. The quantitative estimate of drug-likeness (QED) is 0.524. The molecule has 0 bridgehead atoms. The minimum Gasteiger partial charge on any atom is -0.488 e. The number of ketones is 1. The van der Waals surface area contributed by atoms with Crippen LogP contribution in [0.3, 0.4) is 0 Å². The Hall–Kier alpha value is -2.95. The summed E-state index contributed by atoms with van der Waals surface area (Å²) in [5, 5.41) is 0.772. The average molecular weight is 340 g/mol. The Morgan fingerprint density at radius 3 is 2.64 bits per heavy atom. The zero-order chi connectivity index (χ0) is 18.1. The molecular weight excluding hydrogens is 323 g/mol. The van der Waals surface area contributed by atoms with Crippen LogP contribution in [0, 0.1) is 19.7 Å². The van der Waals surface area contributed by atoms with E-state index in [1.54, 1.807) is 0 Å². The fraction of sp³-hybridized carbons (Fsp3) is 0.200. The Kier molecular flexibility index (Phi) is 4.40. The lowest BCUT2D eigenvalue weighted by Gasteiger charge is -2.12. The summed E-state index contributed by atoms with van der Waals surface area (Å²) < 4.78 is 24.4.